The van der Waals surface area contributed by atoms with E-state index in [1.807, 2.05) is 0 Å². The highest BCUT2D eigenvalue weighted by Crippen LogP contribution is 2.51. The van der Waals surface area contributed by atoms with E-state index in [0.717, 1.165) is 0 Å². The largest absolute Gasteiger partial charge is 0.480 e. The van der Waals surface area contributed by atoms with E-state index >= 15 is 0 Å². The monoisotopic (exact) mass is 673 g/mol. The minimum Gasteiger partial charge on any atom is -0.455 e. The number of hydrogen-bond donors (Lipinski definition) is 3. The summed E-state index contributed by atoms with van der Waals surface area (Å²) in [4.78, 5) is 41.0. The van der Waals surface area contributed by atoms with Crippen LogP contribution >= 0.6 is 7.82 Å². The van der Waals surface area contributed by atoms with E-state index in [1.165, 1.54) is 17.8 Å². The maximum Gasteiger partial charge on any atom is 0.480 e. The molecule has 1 fully saturated rings. The Morgan fingerprint density at radius 2 is 1.72 bits per heavy atom. The highest BCUT2D eigenvalue weighted by molar-refractivity contribution is 7.48. The van der Waals surface area contributed by atoms with Crippen molar-refractivity contribution in [2.45, 2.75) is 85.3 Å². The lowest BCUT2D eigenvalue weighted by Gasteiger charge is -2.28. The van der Waals surface area contributed by atoms with Gasteiger partial charge in [0.2, 0.25) is 13.6 Å². The molecule has 3 rings (SSSR count). The number of rotatable bonds is 14. The molecule has 17 nitrogen and oxygen atoms in total. The second-order valence-electron chi connectivity index (χ2n) is 12.6. The Kier molecular flexibility index (Phi) is 11.9. The minimum atomic E-state index is -4.65. The first-order chi connectivity index (χ1) is 21.3. The van der Waals surface area contributed by atoms with Gasteiger partial charge in [-0.25, -0.2) is 23.1 Å². The number of phosphoric acid groups is 1. The molecule has 3 heterocycles. The molecule has 1 saturated heterocycles. The number of anilines is 1. The van der Waals surface area contributed by atoms with Gasteiger partial charge in [0, 0.05) is 0 Å². The van der Waals surface area contributed by atoms with E-state index in [1.54, 1.807) is 60.6 Å². The van der Waals surface area contributed by atoms with E-state index in [9.17, 15) is 24.1 Å². The summed E-state index contributed by atoms with van der Waals surface area (Å²) in [5.41, 5.74) is 10.3. The molecule has 0 spiro atoms. The van der Waals surface area contributed by atoms with Crippen molar-refractivity contribution in [3.05, 3.63) is 24.2 Å². The number of aliphatic hydroxyl groups is 1. The number of aromatic nitrogens is 3. The summed E-state index contributed by atoms with van der Waals surface area (Å²) in [5.74, 6) is -2.78. The van der Waals surface area contributed by atoms with Crippen molar-refractivity contribution in [2.75, 3.05) is 25.9 Å². The Morgan fingerprint density at radius 1 is 1.09 bits per heavy atom. The Morgan fingerprint density at radius 3 is 2.30 bits per heavy atom. The second kappa shape index (κ2) is 14.7. The first-order valence-electron chi connectivity index (χ1n) is 14.6. The van der Waals surface area contributed by atoms with Gasteiger partial charge in [-0.3, -0.25) is 18.9 Å². The minimum absolute atomic E-state index is 0.170. The van der Waals surface area contributed by atoms with Crippen molar-refractivity contribution >= 4 is 37.1 Å². The van der Waals surface area contributed by atoms with Gasteiger partial charge in [0.25, 0.3) is 0 Å². The number of fused-ring (bicyclic) bond motifs is 1. The molecule has 2 aromatic heterocycles. The molecule has 0 saturated carbocycles. The molecule has 1 aliphatic rings. The summed E-state index contributed by atoms with van der Waals surface area (Å²) >= 11 is 0. The predicted molar refractivity (Wildman–Crippen MR) is 160 cm³/mol. The first-order valence-corrected chi connectivity index (χ1v) is 16.0. The standard InChI is InChI=1S/C28H44N5O12P/c1-15(2)20(29)25(36)44-21-18(45-28(8,22(21)34)19-10-9-17-23(30)31-12-32-33(17)19)11-41-46(38,42-13-39-24(35)16(3)4)43-14-40-26(37)27(5,6)7/h9-10,12,15-16,18,20-22,34H,11,13-14,29H2,1-8H3,(H2,30,31,32)/t18-,20+,21-,22-,28+,46?/m1/s1. The molecule has 0 radical (unpaired) electrons. The average Bonchev–Trinajstić information content (AvgIpc) is 3.51. The van der Waals surface area contributed by atoms with Gasteiger partial charge in [-0.2, -0.15) is 5.10 Å². The van der Waals surface area contributed by atoms with Crippen LogP contribution in [0.2, 0.25) is 0 Å². The number of nitrogens with zero attached hydrogens (tertiary/aromatic N) is 3. The summed E-state index contributed by atoms with van der Waals surface area (Å²) in [6.07, 6.45) is -3.00. The molecule has 0 aliphatic carbocycles. The lowest BCUT2D eigenvalue weighted by atomic mass is 9.93. The highest BCUT2D eigenvalue weighted by Gasteiger charge is 2.57. The lowest BCUT2D eigenvalue weighted by Crippen LogP contribution is -2.46. The fraction of sp³-hybridized carbons (Fsp3) is 0.679. The molecule has 0 amide bonds. The molecule has 18 heteroatoms. The molecule has 6 atom stereocenters. The van der Waals surface area contributed by atoms with E-state index in [-0.39, 0.29) is 11.7 Å². The van der Waals surface area contributed by atoms with E-state index in [0.29, 0.717) is 11.2 Å². The van der Waals surface area contributed by atoms with Crippen LogP contribution in [0.5, 0.6) is 0 Å². The van der Waals surface area contributed by atoms with Crippen LogP contribution < -0.4 is 11.5 Å². The zero-order valence-corrected chi connectivity index (χ0v) is 28.1. The van der Waals surface area contributed by atoms with Crippen LogP contribution in [-0.2, 0) is 57.1 Å². The van der Waals surface area contributed by atoms with Gasteiger partial charge in [-0.15, -0.1) is 0 Å². The zero-order valence-electron chi connectivity index (χ0n) is 27.2. The first kappa shape index (κ1) is 37.3. The van der Waals surface area contributed by atoms with Crippen molar-refractivity contribution in [3.8, 4) is 0 Å². The van der Waals surface area contributed by atoms with Gasteiger partial charge in [0.15, 0.2) is 11.9 Å². The van der Waals surface area contributed by atoms with Crippen LogP contribution in [0.25, 0.3) is 5.52 Å². The van der Waals surface area contributed by atoms with Gasteiger partial charge >= 0.3 is 25.7 Å². The number of nitrogen functional groups attached to an aromatic ring is 1. The van der Waals surface area contributed by atoms with Gasteiger partial charge in [0.05, 0.1) is 23.6 Å². The number of phosphoric ester groups is 1. The smallest absolute Gasteiger partial charge is 0.455 e. The Hall–Kier alpha value is -3.18. The van der Waals surface area contributed by atoms with Crippen LogP contribution in [-0.4, -0.2) is 82.2 Å². The zero-order chi connectivity index (χ0) is 34.6. The molecular weight excluding hydrogens is 629 g/mol. The third kappa shape index (κ3) is 8.59. The summed E-state index contributed by atoms with van der Waals surface area (Å²) in [7, 11) is -4.65. The molecule has 0 bridgehead atoms. The van der Waals surface area contributed by atoms with Gasteiger partial charge < -0.3 is 35.5 Å². The topological polar surface area (TPSA) is 235 Å². The Labute approximate surface area is 266 Å². The van der Waals surface area contributed by atoms with Gasteiger partial charge in [-0.1, -0.05) is 27.7 Å². The maximum absolute atomic E-state index is 13.6. The molecule has 46 heavy (non-hydrogen) atoms. The second-order valence-corrected chi connectivity index (χ2v) is 14.2. The fourth-order valence-electron chi connectivity index (χ4n) is 4.22. The number of esters is 3. The van der Waals surface area contributed by atoms with Crippen molar-refractivity contribution in [1.29, 1.82) is 0 Å². The normalized spacial score (nSPS) is 23.8. The van der Waals surface area contributed by atoms with Crippen molar-refractivity contribution in [2.24, 2.45) is 23.0 Å². The molecule has 5 N–H and O–H groups in total. The summed E-state index contributed by atoms with van der Waals surface area (Å²) in [6.45, 7) is 10.6. The van der Waals surface area contributed by atoms with E-state index in [2.05, 4.69) is 10.1 Å². The number of carbonyl (C=O) groups excluding carboxylic acids is 3. The summed E-state index contributed by atoms with van der Waals surface area (Å²) in [6, 6.07) is 2.20. The van der Waals surface area contributed by atoms with Crippen molar-refractivity contribution < 1.29 is 56.6 Å². The summed E-state index contributed by atoms with van der Waals surface area (Å²) in [5, 5.41) is 15.8. The number of nitrogens with two attached hydrogens (primary N) is 2. The van der Waals surface area contributed by atoms with E-state index in [4.69, 9.17) is 44.0 Å². The molecule has 1 unspecified atom stereocenters. The quantitative estimate of drug-likeness (QED) is 0.113. The molecule has 1 aliphatic heterocycles. The lowest BCUT2D eigenvalue weighted by molar-refractivity contribution is -0.162. The number of hydrogen-bond acceptors (Lipinski definition) is 16. The third-order valence-electron chi connectivity index (χ3n) is 7.16. The predicted octanol–water partition coefficient (Wildman–Crippen LogP) is 2.04. The molecule has 2 aromatic rings. The average molecular weight is 674 g/mol. The van der Waals surface area contributed by atoms with Crippen LogP contribution in [0.1, 0.15) is 61.1 Å². The molecular formula is C28H44N5O12P. The SMILES string of the molecule is CC(C)C(=O)OCOP(=O)(OCOC(=O)C(C)(C)C)OC[C@H]1O[C@@](C)(c2ccc3c(N)ncnn23)[C@H](O)[C@@H]1OC(=O)[C@@H](N)C(C)C. The molecule has 258 valence electrons. The number of aliphatic hydroxyl groups excluding tert-OH is 1. The van der Waals surface area contributed by atoms with E-state index < -0.39 is 87.2 Å². The van der Waals surface area contributed by atoms with Gasteiger partial charge in [0.1, 0.15) is 35.7 Å². The maximum atomic E-state index is 13.6. The molecule has 0 aromatic carbocycles. The fourth-order valence-corrected chi connectivity index (χ4v) is 5.13. The summed E-state index contributed by atoms with van der Waals surface area (Å²) < 4.78 is 52.8. The Bertz CT molecular complexity index is 1440. The van der Waals surface area contributed by atoms with Crippen LogP contribution in [0.3, 0.4) is 0 Å². The number of carbonyl (C=O) groups is 3. The number of ether oxygens (including phenoxy) is 4. The van der Waals surface area contributed by atoms with Crippen molar-refractivity contribution in [1.82, 2.24) is 14.6 Å². The Balaban J connectivity index is 1.89. The van der Waals surface area contributed by atoms with Crippen LogP contribution in [0.15, 0.2) is 18.5 Å². The van der Waals surface area contributed by atoms with Gasteiger partial charge in [-0.05, 0) is 45.7 Å². The van der Waals surface area contributed by atoms with Crippen LogP contribution in [0, 0.1) is 17.3 Å². The van der Waals surface area contributed by atoms with Crippen molar-refractivity contribution in [3.63, 3.8) is 0 Å². The van der Waals surface area contributed by atoms with Crippen LogP contribution in [0.4, 0.5) is 5.82 Å². The highest BCUT2D eigenvalue weighted by atomic mass is 31.2. The third-order valence-corrected chi connectivity index (χ3v) is 8.47.